The summed E-state index contributed by atoms with van der Waals surface area (Å²) in [4.78, 5) is 12.3. The minimum absolute atomic E-state index is 0.196. The second-order valence-electron chi connectivity index (χ2n) is 4.70. The van der Waals surface area contributed by atoms with Crippen LogP contribution >= 0.6 is 0 Å². The van der Waals surface area contributed by atoms with Crippen molar-refractivity contribution >= 4 is 22.9 Å². The Kier molecular flexibility index (Phi) is 3.27. The summed E-state index contributed by atoms with van der Waals surface area (Å²) < 4.78 is 1.83. The van der Waals surface area contributed by atoms with Crippen LogP contribution in [0.4, 0.5) is 11.4 Å². The number of fused-ring (bicyclic) bond motifs is 1. The normalized spacial score (nSPS) is 10.7. The third-order valence-corrected chi connectivity index (χ3v) is 3.20. The van der Waals surface area contributed by atoms with E-state index < -0.39 is 0 Å². The number of amides is 1. The molecule has 2 aromatic heterocycles. The smallest absolute Gasteiger partial charge is 0.257 e. The summed E-state index contributed by atoms with van der Waals surface area (Å²) in [5.41, 5.74) is 8.24. The van der Waals surface area contributed by atoms with E-state index in [4.69, 9.17) is 5.73 Å². The zero-order chi connectivity index (χ0) is 14.8. The highest BCUT2D eigenvalue weighted by molar-refractivity contribution is 6.04. The largest absolute Gasteiger partial charge is 0.399 e. The average Bonchev–Trinajstić information content (AvgIpc) is 2.89. The Morgan fingerprint density at radius 3 is 2.90 bits per heavy atom. The first-order chi connectivity index (χ1) is 10.2. The molecule has 0 unspecified atom stereocenters. The zero-order valence-electron chi connectivity index (χ0n) is 11.6. The fourth-order valence-corrected chi connectivity index (χ4v) is 2.13. The molecule has 3 N–H and O–H groups in total. The SMILES string of the molecule is CCc1nnc2ccc(C(=O)Nc3cccc(N)c3)cn12. The first kappa shape index (κ1) is 13.1. The van der Waals surface area contributed by atoms with Crippen molar-refractivity contribution in [2.75, 3.05) is 11.1 Å². The van der Waals surface area contributed by atoms with E-state index in [2.05, 4.69) is 15.5 Å². The number of benzene rings is 1. The standard InChI is InChI=1S/C15H15N5O/c1-2-13-18-19-14-7-6-10(9-20(13)14)15(21)17-12-5-3-4-11(16)8-12/h3-9H,2,16H2,1H3,(H,17,21). The molecule has 21 heavy (non-hydrogen) atoms. The lowest BCUT2D eigenvalue weighted by molar-refractivity contribution is 0.102. The Bertz CT molecular complexity index is 809. The van der Waals surface area contributed by atoms with E-state index in [1.165, 1.54) is 0 Å². The van der Waals surface area contributed by atoms with Gasteiger partial charge in [-0.25, -0.2) is 0 Å². The molecule has 0 saturated carbocycles. The molecule has 0 radical (unpaired) electrons. The van der Waals surface area contributed by atoms with Gasteiger partial charge in [0.15, 0.2) is 5.65 Å². The van der Waals surface area contributed by atoms with Crippen molar-refractivity contribution < 1.29 is 4.79 Å². The van der Waals surface area contributed by atoms with Gasteiger partial charge in [-0.05, 0) is 30.3 Å². The number of hydrogen-bond acceptors (Lipinski definition) is 4. The molecule has 6 nitrogen and oxygen atoms in total. The minimum atomic E-state index is -0.196. The van der Waals surface area contributed by atoms with E-state index in [0.717, 1.165) is 17.9 Å². The molecule has 0 fully saturated rings. The summed E-state index contributed by atoms with van der Waals surface area (Å²) in [7, 11) is 0. The summed E-state index contributed by atoms with van der Waals surface area (Å²) >= 11 is 0. The van der Waals surface area contributed by atoms with Crippen molar-refractivity contribution in [1.29, 1.82) is 0 Å². The molecule has 0 spiro atoms. The maximum atomic E-state index is 12.3. The number of pyridine rings is 1. The van der Waals surface area contributed by atoms with Crippen LogP contribution in [-0.2, 0) is 6.42 Å². The topological polar surface area (TPSA) is 85.3 Å². The third kappa shape index (κ3) is 2.55. The van der Waals surface area contributed by atoms with Gasteiger partial charge in [-0.2, -0.15) is 0 Å². The van der Waals surface area contributed by atoms with Gasteiger partial charge < -0.3 is 11.1 Å². The third-order valence-electron chi connectivity index (χ3n) is 3.20. The number of nitrogens with two attached hydrogens (primary N) is 1. The van der Waals surface area contributed by atoms with Crippen LogP contribution in [0.5, 0.6) is 0 Å². The van der Waals surface area contributed by atoms with Gasteiger partial charge in [0.25, 0.3) is 5.91 Å². The van der Waals surface area contributed by atoms with E-state index >= 15 is 0 Å². The highest BCUT2D eigenvalue weighted by Gasteiger charge is 2.10. The number of nitrogen functional groups attached to an aromatic ring is 1. The van der Waals surface area contributed by atoms with Crippen molar-refractivity contribution in [1.82, 2.24) is 14.6 Å². The molecule has 0 aliphatic heterocycles. The van der Waals surface area contributed by atoms with Crippen molar-refractivity contribution in [2.45, 2.75) is 13.3 Å². The van der Waals surface area contributed by atoms with Crippen molar-refractivity contribution in [2.24, 2.45) is 0 Å². The molecule has 3 rings (SSSR count). The van der Waals surface area contributed by atoms with E-state index in [0.29, 0.717) is 16.9 Å². The second-order valence-corrected chi connectivity index (χ2v) is 4.70. The summed E-state index contributed by atoms with van der Waals surface area (Å²) in [6.45, 7) is 2.00. The van der Waals surface area contributed by atoms with Gasteiger partial charge in [0.2, 0.25) is 0 Å². The first-order valence-corrected chi connectivity index (χ1v) is 6.68. The van der Waals surface area contributed by atoms with Crippen LogP contribution in [0.1, 0.15) is 23.1 Å². The number of anilines is 2. The number of nitrogens with zero attached hydrogens (tertiary/aromatic N) is 3. The molecule has 3 aromatic rings. The van der Waals surface area contributed by atoms with Crippen LogP contribution in [0, 0.1) is 0 Å². The number of rotatable bonds is 3. The zero-order valence-corrected chi connectivity index (χ0v) is 11.6. The fraction of sp³-hybridized carbons (Fsp3) is 0.133. The number of aromatic nitrogens is 3. The van der Waals surface area contributed by atoms with Gasteiger partial charge in [0.1, 0.15) is 5.82 Å². The van der Waals surface area contributed by atoms with E-state index in [1.54, 1.807) is 42.6 Å². The number of carbonyl (C=O) groups excluding carboxylic acids is 1. The Morgan fingerprint density at radius 1 is 1.29 bits per heavy atom. The lowest BCUT2D eigenvalue weighted by Gasteiger charge is -2.06. The molecule has 1 aromatic carbocycles. The first-order valence-electron chi connectivity index (χ1n) is 6.68. The maximum Gasteiger partial charge on any atom is 0.257 e. The molecule has 6 heteroatoms. The number of hydrogen-bond donors (Lipinski definition) is 2. The van der Waals surface area contributed by atoms with Gasteiger partial charge in [0, 0.05) is 24.0 Å². The summed E-state index contributed by atoms with van der Waals surface area (Å²) in [6.07, 6.45) is 2.50. The van der Waals surface area contributed by atoms with E-state index in [1.807, 2.05) is 11.3 Å². The molecule has 0 bridgehead atoms. The Morgan fingerprint density at radius 2 is 2.14 bits per heavy atom. The minimum Gasteiger partial charge on any atom is -0.399 e. The summed E-state index contributed by atoms with van der Waals surface area (Å²) in [5, 5.41) is 10.9. The molecule has 2 heterocycles. The number of carbonyl (C=O) groups is 1. The summed E-state index contributed by atoms with van der Waals surface area (Å²) in [5.74, 6) is 0.627. The van der Waals surface area contributed by atoms with Crippen molar-refractivity contribution in [3.63, 3.8) is 0 Å². The molecule has 0 atom stereocenters. The van der Waals surface area contributed by atoms with Gasteiger partial charge in [0.05, 0.1) is 5.56 Å². The van der Waals surface area contributed by atoms with Gasteiger partial charge in [-0.1, -0.05) is 13.0 Å². The molecule has 106 valence electrons. The highest BCUT2D eigenvalue weighted by atomic mass is 16.1. The Balaban J connectivity index is 1.90. The van der Waals surface area contributed by atoms with Crippen LogP contribution in [-0.4, -0.2) is 20.5 Å². The quantitative estimate of drug-likeness (QED) is 0.720. The highest BCUT2D eigenvalue weighted by Crippen LogP contribution is 2.14. The molecule has 0 aliphatic rings. The van der Waals surface area contributed by atoms with Crippen LogP contribution in [0.25, 0.3) is 5.65 Å². The lowest BCUT2D eigenvalue weighted by Crippen LogP contribution is -2.13. The van der Waals surface area contributed by atoms with Crippen LogP contribution in [0.2, 0.25) is 0 Å². The van der Waals surface area contributed by atoms with E-state index in [-0.39, 0.29) is 5.91 Å². The van der Waals surface area contributed by atoms with Gasteiger partial charge in [-0.15, -0.1) is 10.2 Å². The van der Waals surface area contributed by atoms with Crippen molar-refractivity contribution in [3.05, 3.63) is 54.0 Å². The molecule has 1 amide bonds. The molecule has 0 saturated heterocycles. The average molecular weight is 281 g/mol. The van der Waals surface area contributed by atoms with Crippen molar-refractivity contribution in [3.8, 4) is 0 Å². The second kappa shape index (κ2) is 5.24. The lowest BCUT2D eigenvalue weighted by atomic mass is 10.2. The van der Waals surface area contributed by atoms with Crippen LogP contribution < -0.4 is 11.1 Å². The van der Waals surface area contributed by atoms with Gasteiger partial charge >= 0.3 is 0 Å². The van der Waals surface area contributed by atoms with E-state index in [9.17, 15) is 4.79 Å². The molecule has 0 aliphatic carbocycles. The number of aryl methyl sites for hydroxylation is 1. The predicted molar refractivity (Wildman–Crippen MR) is 81.2 cm³/mol. The molecular formula is C15H15N5O. The fourth-order valence-electron chi connectivity index (χ4n) is 2.13. The molecular weight excluding hydrogens is 266 g/mol. The Labute approximate surface area is 121 Å². The van der Waals surface area contributed by atoms with Gasteiger partial charge in [-0.3, -0.25) is 9.20 Å². The monoisotopic (exact) mass is 281 g/mol. The maximum absolute atomic E-state index is 12.3. The number of nitrogens with one attached hydrogen (secondary N) is 1. The van der Waals surface area contributed by atoms with Crippen LogP contribution in [0.15, 0.2) is 42.6 Å². The summed E-state index contributed by atoms with van der Waals surface area (Å²) in [6, 6.07) is 10.6. The predicted octanol–water partition coefficient (Wildman–Crippen LogP) is 2.13. The Hall–Kier alpha value is -2.89. The van der Waals surface area contributed by atoms with Crippen LogP contribution in [0.3, 0.4) is 0 Å².